The molecule has 2 aromatic carbocycles. The Kier molecular flexibility index (Phi) is 6.68. The predicted octanol–water partition coefficient (Wildman–Crippen LogP) is 5.06. The van der Waals surface area contributed by atoms with E-state index in [1.54, 1.807) is 4.68 Å². The number of nitrogens with zero attached hydrogens (tertiary/aromatic N) is 4. The lowest BCUT2D eigenvalue weighted by Gasteiger charge is -2.35. The van der Waals surface area contributed by atoms with Crippen LogP contribution in [-0.4, -0.2) is 57.6 Å². The zero-order valence-corrected chi connectivity index (χ0v) is 20.0. The average molecular weight is 477 g/mol. The van der Waals surface area contributed by atoms with Crippen LogP contribution in [-0.2, 0) is 4.79 Å². The summed E-state index contributed by atoms with van der Waals surface area (Å²) in [6.07, 6.45) is 6.65. The van der Waals surface area contributed by atoms with Gasteiger partial charge in [-0.2, -0.15) is 5.10 Å². The fourth-order valence-electron chi connectivity index (χ4n) is 4.94. The van der Waals surface area contributed by atoms with Crippen LogP contribution in [0.1, 0.15) is 42.5 Å². The van der Waals surface area contributed by atoms with Gasteiger partial charge in [0.1, 0.15) is 5.69 Å². The Hall–Kier alpha value is -3.12. The fraction of sp³-hybridized carbons (Fsp3) is 0.370. The molecule has 2 aliphatic heterocycles. The van der Waals surface area contributed by atoms with Gasteiger partial charge in [-0.05, 0) is 56.4 Å². The van der Waals surface area contributed by atoms with E-state index in [-0.39, 0.29) is 17.7 Å². The van der Waals surface area contributed by atoms with Crippen LogP contribution in [0.2, 0.25) is 5.02 Å². The van der Waals surface area contributed by atoms with E-state index in [1.807, 2.05) is 70.6 Å². The molecule has 0 atom stereocenters. The lowest BCUT2D eigenvalue weighted by atomic mass is 9.93. The van der Waals surface area contributed by atoms with Gasteiger partial charge >= 0.3 is 0 Å². The highest BCUT2D eigenvalue weighted by Gasteiger charge is 2.32. The Balaban J connectivity index is 1.36. The maximum Gasteiger partial charge on any atom is 0.257 e. The summed E-state index contributed by atoms with van der Waals surface area (Å²) in [4.78, 5) is 30.4. The molecule has 2 aliphatic rings. The molecule has 3 aromatic rings. The molecule has 0 bridgehead atoms. The Labute approximate surface area is 205 Å². The molecule has 0 aliphatic carbocycles. The summed E-state index contributed by atoms with van der Waals surface area (Å²) >= 11 is 6.09. The molecule has 176 valence electrons. The first kappa shape index (κ1) is 22.7. The van der Waals surface area contributed by atoms with Gasteiger partial charge in [-0.3, -0.25) is 9.59 Å². The van der Waals surface area contributed by atoms with Crippen molar-refractivity contribution in [3.8, 4) is 16.9 Å². The SMILES string of the molecule is O=C(c1cn(-c2ccccc2)nc1-c1ccc(Cl)cc1)N1CCC(C(=O)N2CCCCC2)CC1. The minimum Gasteiger partial charge on any atom is -0.342 e. The second-order valence-electron chi connectivity index (χ2n) is 9.13. The minimum absolute atomic E-state index is 0.0185. The number of hydrogen-bond acceptors (Lipinski definition) is 3. The first-order valence-corrected chi connectivity index (χ1v) is 12.5. The Morgan fingerprint density at radius 3 is 2.18 bits per heavy atom. The second kappa shape index (κ2) is 10.0. The van der Waals surface area contributed by atoms with Crippen LogP contribution in [0.5, 0.6) is 0 Å². The number of benzene rings is 2. The van der Waals surface area contributed by atoms with Crippen LogP contribution < -0.4 is 0 Å². The van der Waals surface area contributed by atoms with E-state index in [0.717, 1.165) is 37.2 Å². The molecule has 0 N–H and O–H groups in total. The number of aromatic nitrogens is 2. The van der Waals surface area contributed by atoms with E-state index in [2.05, 4.69) is 0 Å². The molecule has 7 heteroatoms. The summed E-state index contributed by atoms with van der Waals surface area (Å²) in [5.74, 6) is 0.242. The number of rotatable bonds is 4. The number of carbonyl (C=O) groups is 2. The number of likely N-dealkylation sites (tertiary alicyclic amines) is 2. The highest BCUT2D eigenvalue weighted by Crippen LogP contribution is 2.28. The van der Waals surface area contributed by atoms with Crippen LogP contribution >= 0.6 is 11.6 Å². The average Bonchev–Trinajstić information content (AvgIpc) is 3.35. The second-order valence-corrected chi connectivity index (χ2v) is 9.57. The van der Waals surface area contributed by atoms with E-state index < -0.39 is 0 Å². The van der Waals surface area contributed by atoms with Gasteiger partial charge in [0.15, 0.2) is 0 Å². The monoisotopic (exact) mass is 476 g/mol. The molecule has 3 heterocycles. The van der Waals surface area contributed by atoms with Gasteiger partial charge in [-0.25, -0.2) is 4.68 Å². The molecule has 2 fully saturated rings. The first-order chi connectivity index (χ1) is 16.6. The zero-order valence-electron chi connectivity index (χ0n) is 19.2. The van der Waals surface area contributed by atoms with Crippen molar-refractivity contribution in [2.24, 2.45) is 5.92 Å². The maximum absolute atomic E-state index is 13.6. The quantitative estimate of drug-likeness (QED) is 0.529. The number of halogens is 1. The zero-order chi connectivity index (χ0) is 23.5. The van der Waals surface area contributed by atoms with Crippen molar-refractivity contribution in [2.75, 3.05) is 26.2 Å². The van der Waals surface area contributed by atoms with Gasteiger partial charge in [0.25, 0.3) is 5.91 Å². The Bertz CT molecular complexity index is 1150. The molecule has 6 nitrogen and oxygen atoms in total. The number of hydrogen-bond donors (Lipinski definition) is 0. The number of amides is 2. The van der Waals surface area contributed by atoms with Crippen LogP contribution in [0.3, 0.4) is 0 Å². The maximum atomic E-state index is 13.6. The number of piperidine rings is 2. The molecule has 1 aromatic heterocycles. The molecular weight excluding hydrogens is 448 g/mol. The molecule has 0 saturated carbocycles. The van der Waals surface area contributed by atoms with Crippen LogP contribution in [0.4, 0.5) is 0 Å². The summed E-state index contributed by atoms with van der Waals surface area (Å²) in [5, 5.41) is 5.40. The lowest BCUT2D eigenvalue weighted by Crippen LogP contribution is -2.45. The minimum atomic E-state index is -0.0454. The van der Waals surface area contributed by atoms with Crippen LogP contribution in [0, 0.1) is 5.92 Å². The predicted molar refractivity (Wildman–Crippen MR) is 133 cm³/mol. The van der Waals surface area contributed by atoms with E-state index >= 15 is 0 Å². The van der Waals surface area contributed by atoms with Gasteiger partial charge in [0.2, 0.25) is 5.91 Å². The Morgan fingerprint density at radius 1 is 0.824 bits per heavy atom. The van der Waals surface area contributed by atoms with Crippen molar-refractivity contribution < 1.29 is 9.59 Å². The number of carbonyl (C=O) groups excluding carboxylic acids is 2. The lowest BCUT2D eigenvalue weighted by molar-refractivity contribution is -0.137. The van der Waals surface area contributed by atoms with Crippen molar-refractivity contribution in [3.05, 3.63) is 71.4 Å². The van der Waals surface area contributed by atoms with Gasteiger partial charge < -0.3 is 9.80 Å². The van der Waals surface area contributed by atoms with Crippen molar-refractivity contribution in [1.29, 1.82) is 0 Å². The van der Waals surface area contributed by atoms with Gasteiger partial charge in [0.05, 0.1) is 11.3 Å². The van der Waals surface area contributed by atoms with E-state index in [1.165, 1.54) is 6.42 Å². The summed E-state index contributed by atoms with van der Waals surface area (Å²) in [7, 11) is 0. The largest absolute Gasteiger partial charge is 0.342 e. The van der Waals surface area contributed by atoms with Crippen LogP contribution in [0.15, 0.2) is 60.8 Å². The van der Waals surface area contributed by atoms with Gasteiger partial charge in [0, 0.05) is 48.9 Å². The Morgan fingerprint density at radius 2 is 1.50 bits per heavy atom. The van der Waals surface area contributed by atoms with Crippen molar-refractivity contribution in [3.63, 3.8) is 0 Å². The number of para-hydroxylation sites is 1. The summed E-state index contributed by atoms with van der Waals surface area (Å²) in [6, 6.07) is 17.2. The van der Waals surface area contributed by atoms with Crippen molar-refractivity contribution in [2.45, 2.75) is 32.1 Å². The summed E-state index contributed by atoms with van der Waals surface area (Å²) in [5.41, 5.74) is 2.93. The third kappa shape index (κ3) is 4.73. The van der Waals surface area contributed by atoms with Gasteiger partial charge in [-0.15, -0.1) is 0 Å². The van der Waals surface area contributed by atoms with Gasteiger partial charge in [-0.1, -0.05) is 41.9 Å². The van der Waals surface area contributed by atoms with Crippen LogP contribution in [0.25, 0.3) is 16.9 Å². The van der Waals surface area contributed by atoms with E-state index in [9.17, 15) is 9.59 Å². The smallest absolute Gasteiger partial charge is 0.257 e. The van der Waals surface area contributed by atoms with Crippen molar-refractivity contribution in [1.82, 2.24) is 19.6 Å². The third-order valence-electron chi connectivity index (χ3n) is 6.88. The van der Waals surface area contributed by atoms with E-state index in [4.69, 9.17) is 16.7 Å². The topological polar surface area (TPSA) is 58.4 Å². The molecule has 0 unspecified atom stereocenters. The standard InChI is InChI=1S/C27H29ClN4O2/c28-22-11-9-20(10-12-22)25-24(19-32(29-25)23-7-3-1-4-8-23)27(34)31-17-13-21(14-18-31)26(33)30-15-5-2-6-16-30/h1,3-4,7-12,19,21H,2,5-6,13-18H2. The fourth-order valence-corrected chi connectivity index (χ4v) is 5.06. The highest BCUT2D eigenvalue weighted by atomic mass is 35.5. The van der Waals surface area contributed by atoms with Crippen molar-refractivity contribution >= 4 is 23.4 Å². The molecule has 0 radical (unpaired) electrons. The molecule has 2 saturated heterocycles. The summed E-state index contributed by atoms with van der Waals surface area (Å²) < 4.78 is 1.75. The third-order valence-corrected chi connectivity index (χ3v) is 7.13. The summed E-state index contributed by atoms with van der Waals surface area (Å²) in [6.45, 7) is 2.92. The molecule has 5 rings (SSSR count). The normalized spacial score (nSPS) is 17.1. The molecule has 34 heavy (non-hydrogen) atoms. The van der Waals surface area contributed by atoms with E-state index in [0.29, 0.717) is 42.2 Å². The molecule has 2 amide bonds. The highest BCUT2D eigenvalue weighted by molar-refractivity contribution is 6.30. The molecule has 0 spiro atoms. The molecular formula is C27H29ClN4O2. The first-order valence-electron chi connectivity index (χ1n) is 12.1.